The molecule has 0 rings (SSSR count). The Hall–Kier alpha value is -0.670. The Bertz CT molecular complexity index is 126. The average Bonchev–Trinajstić information content (AvgIpc) is 2.06. The molecule has 0 aliphatic heterocycles. The Morgan fingerprint density at radius 2 is 1.83 bits per heavy atom. The van der Waals surface area contributed by atoms with E-state index in [4.69, 9.17) is 9.47 Å². The second kappa shape index (κ2) is 8.43. The van der Waals surface area contributed by atoms with E-state index in [1.165, 1.54) is 6.08 Å². The van der Waals surface area contributed by atoms with Gasteiger partial charge < -0.3 is 9.47 Å². The quantitative estimate of drug-likeness (QED) is 0.332. The molecule has 0 aromatic carbocycles. The van der Waals surface area contributed by atoms with Crippen LogP contribution >= 0.6 is 0 Å². The molecule has 0 radical (unpaired) electrons. The second-order valence-corrected chi connectivity index (χ2v) is 2.14. The fourth-order valence-electron chi connectivity index (χ4n) is 0.801. The van der Waals surface area contributed by atoms with Crippen molar-refractivity contribution in [3.8, 4) is 0 Å². The summed E-state index contributed by atoms with van der Waals surface area (Å²) in [7, 11) is 0. The zero-order valence-electron chi connectivity index (χ0n) is 7.66. The minimum Gasteiger partial charge on any atom is -0.353 e. The van der Waals surface area contributed by atoms with E-state index in [1.54, 1.807) is 6.08 Å². The Morgan fingerprint density at radius 3 is 2.25 bits per heavy atom. The number of ether oxygens (including phenoxy) is 2. The maximum atomic E-state index is 9.93. The highest BCUT2D eigenvalue weighted by molar-refractivity contribution is 5.64. The lowest BCUT2D eigenvalue weighted by molar-refractivity contribution is -0.133. The van der Waals surface area contributed by atoms with Crippen LogP contribution in [0, 0.1) is 0 Å². The largest absolute Gasteiger partial charge is 0.353 e. The van der Waals surface area contributed by atoms with Gasteiger partial charge in [-0.2, -0.15) is 0 Å². The first kappa shape index (κ1) is 11.3. The van der Waals surface area contributed by atoms with Gasteiger partial charge in [0.2, 0.25) is 0 Å². The highest BCUT2D eigenvalue weighted by Gasteiger charge is 2.03. The van der Waals surface area contributed by atoms with Crippen LogP contribution in [-0.4, -0.2) is 25.8 Å². The lowest BCUT2D eigenvalue weighted by atomic mass is 10.4. The van der Waals surface area contributed by atoms with Crippen LogP contribution < -0.4 is 0 Å². The maximum absolute atomic E-state index is 9.93. The van der Waals surface area contributed by atoms with Crippen LogP contribution in [0.2, 0.25) is 0 Å². The Morgan fingerprint density at radius 1 is 1.25 bits per heavy atom. The topological polar surface area (TPSA) is 35.5 Å². The van der Waals surface area contributed by atoms with Gasteiger partial charge in [0.25, 0.3) is 0 Å². The van der Waals surface area contributed by atoms with Crippen LogP contribution in [0.3, 0.4) is 0 Å². The molecule has 70 valence electrons. The SMILES string of the molecule is CCOC(C/C=C/C=O)OCC. The van der Waals surface area contributed by atoms with Gasteiger partial charge in [-0.15, -0.1) is 0 Å². The number of carbonyl (C=O) groups is 1. The highest BCUT2D eigenvalue weighted by atomic mass is 16.7. The smallest absolute Gasteiger partial charge is 0.160 e. The molecule has 0 N–H and O–H groups in total. The number of aldehydes is 1. The van der Waals surface area contributed by atoms with Gasteiger partial charge in [-0.05, 0) is 19.9 Å². The predicted octanol–water partition coefficient (Wildman–Crippen LogP) is 1.53. The molecule has 0 aliphatic carbocycles. The summed E-state index contributed by atoms with van der Waals surface area (Å²) in [4.78, 5) is 9.93. The molecule has 0 aliphatic rings. The molecule has 0 aromatic heterocycles. The Balaban J connectivity index is 3.61. The van der Waals surface area contributed by atoms with Crippen LogP contribution in [0.5, 0.6) is 0 Å². The van der Waals surface area contributed by atoms with Crippen molar-refractivity contribution in [2.45, 2.75) is 26.6 Å². The van der Waals surface area contributed by atoms with Crippen LogP contribution in [0.25, 0.3) is 0 Å². The van der Waals surface area contributed by atoms with Gasteiger partial charge in [0.1, 0.15) is 6.29 Å². The third kappa shape index (κ3) is 6.07. The molecule has 0 spiro atoms. The van der Waals surface area contributed by atoms with Crippen LogP contribution in [0.1, 0.15) is 20.3 Å². The van der Waals surface area contributed by atoms with E-state index in [9.17, 15) is 4.79 Å². The average molecular weight is 172 g/mol. The molecule has 0 heterocycles. The molecule has 0 atom stereocenters. The summed E-state index contributed by atoms with van der Waals surface area (Å²) < 4.78 is 10.5. The van der Waals surface area contributed by atoms with Gasteiger partial charge in [0.15, 0.2) is 6.29 Å². The monoisotopic (exact) mass is 172 g/mol. The van der Waals surface area contributed by atoms with Crippen molar-refractivity contribution in [2.24, 2.45) is 0 Å². The third-order valence-electron chi connectivity index (χ3n) is 1.25. The molecular weight excluding hydrogens is 156 g/mol. The molecule has 0 amide bonds. The number of rotatable bonds is 7. The van der Waals surface area contributed by atoms with Crippen molar-refractivity contribution in [2.75, 3.05) is 13.2 Å². The summed E-state index contributed by atoms with van der Waals surface area (Å²) in [6, 6.07) is 0. The molecular formula is C9H16O3. The first-order valence-corrected chi connectivity index (χ1v) is 4.18. The fourth-order valence-corrected chi connectivity index (χ4v) is 0.801. The molecule has 0 aromatic rings. The van der Waals surface area contributed by atoms with Gasteiger partial charge in [0.05, 0.1) is 0 Å². The summed E-state index contributed by atoms with van der Waals surface area (Å²) in [6.45, 7) is 5.07. The van der Waals surface area contributed by atoms with Gasteiger partial charge in [-0.3, -0.25) is 4.79 Å². The zero-order valence-corrected chi connectivity index (χ0v) is 7.66. The first-order chi connectivity index (χ1) is 5.85. The minimum absolute atomic E-state index is 0.212. The minimum atomic E-state index is -0.212. The van der Waals surface area contributed by atoms with Crippen LogP contribution in [-0.2, 0) is 14.3 Å². The van der Waals surface area contributed by atoms with E-state index in [0.29, 0.717) is 19.6 Å². The Kier molecular flexibility index (Phi) is 7.96. The lowest BCUT2D eigenvalue weighted by Gasteiger charge is -2.14. The normalized spacial score (nSPS) is 11.2. The van der Waals surface area contributed by atoms with Crippen LogP contribution in [0.4, 0.5) is 0 Å². The van der Waals surface area contributed by atoms with Crippen molar-refractivity contribution in [3.05, 3.63) is 12.2 Å². The molecule has 12 heavy (non-hydrogen) atoms. The van der Waals surface area contributed by atoms with E-state index in [2.05, 4.69) is 0 Å². The molecule has 3 heteroatoms. The van der Waals surface area contributed by atoms with Crippen LogP contribution in [0.15, 0.2) is 12.2 Å². The van der Waals surface area contributed by atoms with Crippen molar-refractivity contribution in [3.63, 3.8) is 0 Å². The van der Waals surface area contributed by atoms with Crippen molar-refractivity contribution >= 4 is 6.29 Å². The standard InChI is InChI=1S/C9H16O3/c1-3-11-9(12-4-2)7-5-6-8-10/h5-6,8-9H,3-4,7H2,1-2H3/b6-5+. The van der Waals surface area contributed by atoms with Crippen molar-refractivity contribution in [1.29, 1.82) is 0 Å². The maximum Gasteiger partial charge on any atom is 0.160 e. The zero-order chi connectivity index (χ0) is 9.23. The van der Waals surface area contributed by atoms with E-state index in [1.807, 2.05) is 13.8 Å². The van der Waals surface area contributed by atoms with E-state index >= 15 is 0 Å². The lowest BCUT2D eigenvalue weighted by Crippen LogP contribution is -2.16. The van der Waals surface area contributed by atoms with Crippen molar-refractivity contribution in [1.82, 2.24) is 0 Å². The molecule has 3 nitrogen and oxygen atoms in total. The molecule has 0 unspecified atom stereocenters. The van der Waals surface area contributed by atoms with E-state index in [-0.39, 0.29) is 6.29 Å². The molecule has 0 saturated carbocycles. The molecule has 0 bridgehead atoms. The predicted molar refractivity (Wildman–Crippen MR) is 46.9 cm³/mol. The molecule has 0 saturated heterocycles. The summed E-state index contributed by atoms with van der Waals surface area (Å²) in [5.41, 5.74) is 0. The van der Waals surface area contributed by atoms with E-state index < -0.39 is 0 Å². The fraction of sp³-hybridized carbons (Fsp3) is 0.667. The van der Waals surface area contributed by atoms with Gasteiger partial charge in [-0.25, -0.2) is 0 Å². The summed E-state index contributed by atoms with van der Waals surface area (Å²) in [6.07, 6.45) is 4.35. The Labute approximate surface area is 73.4 Å². The summed E-state index contributed by atoms with van der Waals surface area (Å²) in [5, 5.41) is 0. The number of carbonyl (C=O) groups excluding carboxylic acids is 1. The van der Waals surface area contributed by atoms with Gasteiger partial charge in [-0.1, -0.05) is 6.08 Å². The van der Waals surface area contributed by atoms with Gasteiger partial charge >= 0.3 is 0 Å². The third-order valence-corrected chi connectivity index (χ3v) is 1.25. The highest BCUT2D eigenvalue weighted by Crippen LogP contribution is 2.01. The van der Waals surface area contributed by atoms with E-state index in [0.717, 1.165) is 6.29 Å². The molecule has 0 fully saturated rings. The summed E-state index contributed by atoms with van der Waals surface area (Å²) in [5.74, 6) is 0. The second-order valence-electron chi connectivity index (χ2n) is 2.14. The van der Waals surface area contributed by atoms with Crippen molar-refractivity contribution < 1.29 is 14.3 Å². The number of allylic oxidation sites excluding steroid dienone is 1. The summed E-state index contributed by atoms with van der Waals surface area (Å²) >= 11 is 0. The number of hydrogen-bond acceptors (Lipinski definition) is 3. The first-order valence-electron chi connectivity index (χ1n) is 4.18. The number of hydrogen-bond donors (Lipinski definition) is 0. The van der Waals surface area contributed by atoms with Gasteiger partial charge in [0, 0.05) is 19.6 Å².